The molecule has 0 spiro atoms. The topological polar surface area (TPSA) is 73.7 Å². The van der Waals surface area contributed by atoms with Crippen LogP contribution < -0.4 is 0 Å². The lowest BCUT2D eigenvalue weighted by Crippen LogP contribution is -2.38. The van der Waals surface area contributed by atoms with Gasteiger partial charge in [0, 0.05) is 33.5 Å². The Labute approximate surface area is 209 Å². The molecule has 0 saturated carbocycles. The van der Waals surface area contributed by atoms with E-state index in [0.29, 0.717) is 24.5 Å². The number of nitrogens with zero attached hydrogens (tertiary/aromatic N) is 3. The van der Waals surface area contributed by atoms with Gasteiger partial charge >= 0.3 is 12.2 Å². The van der Waals surface area contributed by atoms with E-state index in [1.807, 2.05) is 41.5 Å². The Bertz CT molecular complexity index is 1200. The van der Waals surface area contributed by atoms with Gasteiger partial charge in [-0.3, -0.25) is 4.90 Å². The minimum absolute atomic E-state index is 0.370. The van der Waals surface area contributed by atoms with E-state index in [2.05, 4.69) is 26.7 Å². The summed E-state index contributed by atoms with van der Waals surface area (Å²) in [6.07, 6.45) is 2.32. The van der Waals surface area contributed by atoms with Crippen LogP contribution in [0.3, 0.4) is 0 Å². The van der Waals surface area contributed by atoms with Gasteiger partial charge in [0.25, 0.3) is 0 Å². The van der Waals surface area contributed by atoms with Crippen molar-refractivity contribution < 1.29 is 19.1 Å². The van der Waals surface area contributed by atoms with Crippen LogP contribution in [0.25, 0.3) is 20.7 Å². The molecule has 10 heteroatoms. The Morgan fingerprint density at radius 3 is 2.33 bits per heavy atom. The molecule has 3 aromatic rings. The molecule has 1 fully saturated rings. The number of halogens is 1. The number of likely N-dealkylation sites (tertiary alicyclic amines) is 1. The van der Waals surface area contributed by atoms with Crippen LogP contribution in [0.1, 0.15) is 66.3 Å². The largest absolute Gasteiger partial charge is 0.444 e. The van der Waals surface area contributed by atoms with Crippen LogP contribution >= 0.6 is 38.6 Å². The van der Waals surface area contributed by atoms with Gasteiger partial charge in [-0.2, -0.15) is 0 Å². The summed E-state index contributed by atoms with van der Waals surface area (Å²) >= 11 is 6.86. The molecule has 33 heavy (non-hydrogen) atoms. The van der Waals surface area contributed by atoms with E-state index >= 15 is 0 Å². The molecule has 178 valence electrons. The van der Waals surface area contributed by atoms with Crippen LogP contribution in [-0.4, -0.2) is 44.4 Å². The van der Waals surface area contributed by atoms with Gasteiger partial charge in [-0.05, 0) is 70.3 Å². The van der Waals surface area contributed by atoms with Crippen molar-refractivity contribution in [2.45, 2.75) is 71.6 Å². The van der Waals surface area contributed by atoms with Crippen molar-refractivity contribution in [1.29, 1.82) is 0 Å². The van der Waals surface area contributed by atoms with Crippen molar-refractivity contribution in [3.63, 3.8) is 0 Å². The number of aromatic nitrogens is 2. The van der Waals surface area contributed by atoms with Crippen LogP contribution in [0, 0.1) is 0 Å². The minimum Gasteiger partial charge on any atom is -0.444 e. The second-order valence-corrected chi connectivity index (χ2v) is 12.7. The number of hydrogen-bond acceptors (Lipinski definition) is 7. The first-order valence-electron chi connectivity index (χ1n) is 10.8. The molecule has 0 N–H and O–H groups in total. The maximum atomic E-state index is 13.2. The first-order valence-corrected chi connectivity index (χ1v) is 13.4. The van der Waals surface area contributed by atoms with Crippen molar-refractivity contribution in [3.05, 3.63) is 27.3 Å². The van der Waals surface area contributed by atoms with Crippen LogP contribution in [-0.2, 0) is 9.47 Å². The van der Waals surface area contributed by atoms with Crippen molar-refractivity contribution in [3.8, 4) is 11.3 Å². The Morgan fingerprint density at radius 2 is 1.67 bits per heavy atom. The predicted octanol–water partition coefficient (Wildman–Crippen LogP) is 7.44. The van der Waals surface area contributed by atoms with E-state index in [1.165, 1.54) is 4.57 Å². The molecule has 1 aliphatic rings. The van der Waals surface area contributed by atoms with Crippen LogP contribution in [0.2, 0.25) is 0 Å². The van der Waals surface area contributed by atoms with E-state index in [4.69, 9.17) is 14.5 Å². The molecule has 0 aliphatic carbocycles. The van der Waals surface area contributed by atoms with Gasteiger partial charge in [0.05, 0.1) is 21.1 Å². The Kier molecular flexibility index (Phi) is 6.39. The van der Waals surface area contributed by atoms with E-state index in [-0.39, 0.29) is 6.04 Å². The Balaban J connectivity index is 1.77. The first kappa shape index (κ1) is 24.2. The quantitative estimate of drug-likeness (QED) is 0.329. The zero-order chi connectivity index (χ0) is 24.1. The molecule has 1 amide bonds. The fourth-order valence-electron chi connectivity index (χ4n) is 3.76. The average Bonchev–Trinajstić information content (AvgIpc) is 3.43. The molecule has 0 bridgehead atoms. The number of fused-ring (bicyclic) bond motifs is 1. The number of ether oxygens (including phenoxy) is 2. The maximum Gasteiger partial charge on any atom is 0.420 e. The molecule has 1 atom stereocenters. The number of hydrogen-bond donors (Lipinski definition) is 0. The molecule has 4 rings (SSSR count). The molecule has 0 radical (unpaired) electrons. The van der Waals surface area contributed by atoms with Crippen molar-refractivity contribution in [2.75, 3.05) is 6.54 Å². The average molecular weight is 555 g/mol. The summed E-state index contributed by atoms with van der Waals surface area (Å²) in [5.74, 6) is 0.498. The second kappa shape index (κ2) is 8.70. The van der Waals surface area contributed by atoms with E-state index in [1.54, 1.807) is 33.8 Å². The summed E-state index contributed by atoms with van der Waals surface area (Å²) in [6, 6.07) is -0.370. The third kappa shape index (κ3) is 5.12. The van der Waals surface area contributed by atoms with Gasteiger partial charge in [0.1, 0.15) is 17.0 Å². The van der Waals surface area contributed by atoms with Crippen molar-refractivity contribution in [2.24, 2.45) is 0 Å². The van der Waals surface area contributed by atoms with Gasteiger partial charge in [0.2, 0.25) is 0 Å². The second-order valence-electron chi connectivity index (χ2n) is 10.1. The normalized spacial score (nSPS) is 17.1. The smallest absolute Gasteiger partial charge is 0.420 e. The molecule has 0 unspecified atom stereocenters. The van der Waals surface area contributed by atoms with Gasteiger partial charge < -0.3 is 9.47 Å². The third-order valence-corrected chi connectivity index (χ3v) is 8.37. The summed E-state index contributed by atoms with van der Waals surface area (Å²) in [5, 5.41) is 4.11. The van der Waals surface area contributed by atoms with E-state index in [0.717, 1.165) is 25.9 Å². The van der Waals surface area contributed by atoms with Gasteiger partial charge in [-0.15, -0.1) is 22.7 Å². The molecular formula is C23H28BrN3O4S2. The number of amides is 1. The molecule has 3 aromatic heterocycles. The van der Waals surface area contributed by atoms with Crippen LogP contribution in [0.5, 0.6) is 0 Å². The molecule has 1 saturated heterocycles. The lowest BCUT2D eigenvalue weighted by molar-refractivity contribution is 0.0207. The van der Waals surface area contributed by atoms with E-state index < -0.39 is 23.4 Å². The highest BCUT2D eigenvalue weighted by Crippen LogP contribution is 2.43. The summed E-state index contributed by atoms with van der Waals surface area (Å²) in [4.78, 5) is 32.6. The fraction of sp³-hybridized carbons (Fsp3) is 0.522. The monoisotopic (exact) mass is 553 g/mol. The molecule has 1 aliphatic heterocycles. The predicted molar refractivity (Wildman–Crippen MR) is 135 cm³/mol. The van der Waals surface area contributed by atoms with Crippen LogP contribution in [0.4, 0.5) is 9.59 Å². The number of carbonyl (C=O) groups is 2. The SMILES string of the molecule is CC(C)(C)OC(=O)N1CCC[C@H]1c1nc(-c2csc3c(Br)csc23)cn1C(=O)OC(C)(C)C. The summed E-state index contributed by atoms with van der Waals surface area (Å²) in [7, 11) is 0. The highest BCUT2D eigenvalue weighted by molar-refractivity contribution is 9.10. The molecule has 0 aromatic carbocycles. The minimum atomic E-state index is -0.659. The zero-order valence-electron chi connectivity index (χ0n) is 19.6. The highest BCUT2D eigenvalue weighted by Gasteiger charge is 2.37. The van der Waals surface area contributed by atoms with E-state index in [9.17, 15) is 9.59 Å². The number of imidazole rings is 1. The van der Waals surface area contributed by atoms with Gasteiger partial charge in [-0.25, -0.2) is 19.1 Å². The number of carbonyl (C=O) groups excluding carboxylic acids is 2. The zero-order valence-corrected chi connectivity index (χ0v) is 22.8. The number of rotatable bonds is 2. The lowest BCUT2D eigenvalue weighted by atomic mass is 10.2. The standard InChI is InChI=1S/C23H28BrN3O4S2/c1-22(2,3)30-20(28)26-9-7-8-16(26)19-25-15(10-27(19)21(29)31-23(4,5)6)13-11-32-18-14(24)12-33-17(13)18/h10-12,16H,7-9H2,1-6H3/t16-/m0/s1. The fourth-order valence-corrected chi connectivity index (χ4v) is 6.80. The maximum absolute atomic E-state index is 13.2. The highest BCUT2D eigenvalue weighted by atomic mass is 79.9. The molecule has 4 heterocycles. The molecule has 7 nitrogen and oxygen atoms in total. The van der Waals surface area contributed by atoms with Crippen LogP contribution in [0.15, 0.2) is 21.4 Å². The van der Waals surface area contributed by atoms with Gasteiger partial charge in [-0.1, -0.05) is 0 Å². The lowest BCUT2D eigenvalue weighted by Gasteiger charge is -2.28. The first-order chi connectivity index (χ1) is 15.3. The number of thiophene rings is 2. The Hall–Kier alpha value is -1.91. The van der Waals surface area contributed by atoms with Crippen molar-refractivity contribution in [1.82, 2.24) is 14.5 Å². The van der Waals surface area contributed by atoms with Gasteiger partial charge in [0.15, 0.2) is 0 Å². The summed E-state index contributed by atoms with van der Waals surface area (Å²) < 4.78 is 16.1. The summed E-state index contributed by atoms with van der Waals surface area (Å²) in [6.45, 7) is 11.6. The summed E-state index contributed by atoms with van der Waals surface area (Å²) in [5.41, 5.74) is 0.391. The third-order valence-electron chi connectivity index (χ3n) is 5.02. The van der Waals surface area contributed by atoms with Crippen molar-refractivity contribution >= 4 is 60.2 Å². The molecular weight excluding hydrogens is 526 g/mol. The Morgan fingerprint density at radius 1 is 1.03 bits per heavy atom.